The van der Waals surface area contributed by atoms with Crippen LogP contribution < -0.4 is 0 Å². The van der Waals surface area contributed by atoms with Gasteiger partial charge < -0.3 is 0 Å². The zero-order chi connectivity index (χ0) is 2.00. The Morgan fingerprint density at radius 1 is 1.20 bits per heavy atom. The molecule has 0 amide bonds. The van der Waals surface area contributed by atoms with Crippen LogP contribution in [-0.2, 0) is 36.8 Å². The van der Waals surface area contributed by atoms with E-state index in [2.05, 4.69) is 0 Å². The zero-order valence-electron chi connectivity index (χ0n) is 1.09. The van der Waals surface area contributed by atoms with Gasteiger partial charge in [-0.1, -0.05) is 0 Å². The molecule has 0 N–H and O–H groups in total. The Hall–Kier alpha value is 3.89. The van der Waals surface area contributed by atoms with E-state index >= 15 is 0 Å². The summed E-state index contributed by atoms with van der Waals surface area (Å²) in [6.07, 6.45) is 0. The zero-order valence-corrected chi connectivity index (χ0v) is 3.21. The normalized spacial score (nSPS) is 0.800. The molecule has 0 atom stereocenters. The second-order valence-electron chi connectivity index (χ2n) is 0. The predicted octanol–water partition coefficient (Wildman–Crippen LogP) is -1.96. The van der Waals surface area contributed by atoms with Crippen LogP contribution in [0.25, 0.3) is 0 Å². The van der Waals surface area contributed by atoms with Gasteiger partial charge in [0.05, 0.1) is 0 Å². The van der Waals surface area contributed by atoms with Crippen LogP contribution in [0.15, 0.2) is 0 Å². The van der Waals surface area contributed by atoms with Crippen molar-refractivity contribution in [2.75, 3.05) is 0 Å². The summed E-state index contributed by atoms with van der Waals surface area (Å²) in [5.74, 6) is 0. The molecule has 0 aromatic carbocycles. The van der Waals surface area contributed by atoms with E-state index in [4.69, 9.17) is 3.83 Å². The standard InChI is InChI=1S/Ba.Cu.Mn.O.Sr.4H. The summed E-state index contributed by atoms with van der Waals surface area (Å²) in [6.45, 7) is 0. The summed E-state index contributed by atoms with van der Waals surface area (Å²) >= 11 is 1.69. The van der Waals surface area contributed by atoms with Crippen molar-refractivity contribution in [3.8, 4) is 0 Å². The van der Waals surface area contributed by atoms with Gasteiger partial charge >= 0.3 is 114 Å². The third-order valence-corrected chi connectivity index (χ3v) is 0. The summed E-state index contributed by atoms with van der Waals surface area (Å²) in [7, 11) is 0. The Balaban J connectivity index is -0.00000000167. The molecule has 0 aromatic heterocycles. The van der Waals surface area contributed by atoms with E-state index < -0.39 is 0 Å². The number of hydrogen-bond acceptors (Lipinski definition) is 1. The fourth-order valence-corrected chi connectivity index (χ4v) is 0. The van der Waals surface area contributed by atoms with Crippen LogP contribution in [0.4, 0.5) is 0 Å². The summed E-state index contributed by atoms with van der Waals surface area (Å²) in [4.78, 5) is 0. The van der Waals surface area contributed by atoms with Gasteiger partial charge in [0, 0.05) is 17.1 Å². The molecule has 1 nitrogen and oxygen atoms in total. The predicted molar refractivity (Wildman–Crippen MR) is 17.8 cm³/mol. The van der Waals surface area contributed by atoms with Gasteiger partial charge in [0.1, 0.15) is 0 Å². The topological polar surface area (TPSA) is 17.1 Å². The maximum absolute atomic E-state index is 8.06. The van der Waals surface area contributed by atoms with E-state index in [1.807, 2.05) is 0 Å². The van der Waals surface area contributed by atoms with Crippen molar-refractivity contribution < 1.29 is 36.8 Å². The van der Waals surface area contributed by atoms with Gasteiger partial charge in [-0.25, -0.2) is 0 Å². The van der Waals surface area contributed by atoms with Crippen molar-refractivity contribution in [2.24, 2.45) is 0 Å². The van der Waals surface area contributed by atoms with E-state index in [-0.39, 0.29) is 111 Å². The second kappa shape index (κ2) is 24.8. The molecule has 0 aliphatic carbocycles. The van der Waals surface area contributed by atoms with Crippen molar-refractivity contribution in [3.05, 3.63) is 0 Å². The Morgan fingerprint density at radius 2 is 1.20 bits per heavy atom. The molecule has 0 aromatic rings. The first-order valence-corrected chi connectivity index (χ1v) is 0.636. The van der Waals surface area contributed by atoms with Crippen molar-refractivity contribution in [2.45, 2.75) is 0 Å². The van der Waals surface area contributed by atoms with E-state index in [0.717, 1.165) is 0 Å². The number of rotatable bonds is 0. The first-order chi connectivity index (χ1) is 1.00. The molecule has 0 saturated heterocycles. The average molecular weight is 363 g/mol. The molecular weight excluding hydrogens is 359 g/mol. The Kier molecular flexibility index (Phi) is 115. The summed E-state index contributed by atoms with van der Waals surface area (Å²) in [6, 6.07) is 0. The summed E-state index contributed by atoms with van der Waals surface area (Å²) < 4.78 is 8.06. The van der Waals surface area contributed by atoms with Gasteiger partial charge in [-0.05, 0) is 0 Å². The molecule has 0 spiro atoms. The van der Waals surface area contributed by atoms with Gasteiger partial charge in [-0.3, -0.25) is 0 Å². The van der Waals surface area contributed by atoms with Crippen LogP contribution in [0.3, 0.4) is 0 Å². The van der Waals surface area contributed by atoms with Crippen LogP contribution in [0, 0.1) is 0 Å². The Labute approximate surface area is 127 Å². The average Bonchev–Trinajstić information content (AvgIpc) is 1.00. The molecule has 0 fully saturated rings. The Bertz CT molecular complexity index is 11.6. The van der Waals surface area contributed by atoms with Crippen molar-refractivity contribution in [3.63, 3.8) is 0 Å². The van der Waals surface area contributed by atoms with Gasteiger partial charge in [0.15, 0.2) is 0 Å². The molecule has 0 unspecified atom stereocenters. The van der Waals surface area contributed by atoms with Crippen LogP contribution in [0.2, 0.25) is 0 Å². The van der Waals surface area contributed by atoms with Gasteiger partial charge in [-0.15, -0.1) is 0 Å². The molecular formula is H4BaCuMnOSr. The van der Waals surface area contributed by atoms with E-state index in [9.17, 15) is 0 Å². The first-order valence-electron chi connectivity index (χ1n) is 0.154. The van der Waals surface area contributed by atoms with E-state index in [0.29, 0.717) is 0 Å². The fourth-order valence-electron chi connectivity index (χ4n) is 0. The Morgan fingerprint density at radius 3 is 1.20 bits per heavy atom. The van der Waals surface area contributed by atoms with Crippen LogP contribution in [0.1, 0.15) is 0 Å². The van der Waals surface area contributed by atoms with Gasteiger partial charge in [0.2, 0.25) is 0 Å². The molecule has 32 valence electrons. The number of hydrogen-bond donors (Lipinski definition) is 0. The molecule has 5 heteroatoms. The monoisotopic (exact) mass is 364 g/mol. The SMILES string of the molecule is [BaH2].[Cu].[O]=[Mn].[SrH2]. The minimum atomic E-state index is 0. The molecule has 0 heterocycles. The quantitative estimate of drug-likeness (QED) is 0.457. The molecule has 1 radical (unpaired) electrons. The van der Waals surface area contributed by atoms with Crippen molar-refractivity contribution in [1.29, 1.82) is 0 Å². The molecule has 0 rings (SSSR count). The summed E-state index contributed by atoms with van der Waals surface area (Å²) in [5, 5.41) is 0. The van der Waals surface area contributed by atoms with Crippen LogP contribution >= 0.6 is 0 Å². The first kappa shape index (κ1) is 23.1. The van der Waals surface area contributed by atoms with Gasteiger partial charge in [0.25, 0.3) is 0 Å². The third kappa shape index (κ3) is 18.1. The van der Waals surface area contributed by atoms with Crippen molar-refractivity contribution in [1.82, 2.24) is 0 Å². The van der Waals surface area contributed by atoms with Crippen LogP contribution in [0.5, 0.6) is 0 Å². The molecule has 5 heavy (non-hydrogen) atoms. The fraction of sp³-hybridized carbons (Fsp3) is 0. The summed E-state index contributed by atoms with van der Waals surface area (Å²) in [5.41, 5.74) is 0. The van der Waals surface area contributed by atoms with Crippen LogP contribution in [-0.4, -0.2) is 94.4 Å². The second-order valence-corrected chi connectivity index (χ2v) is 0. The minimum absolute atomic E-state index is 0. The van der Waals surface area contributed by atoms with Gasteiger partial charge in [-0.2, -0.15) is 0 Å². The third-order valence-electron chi connectivity index (χ3n) is 0. The molecule has 0 aliphatic heterocycles. The van der Waals surface area contributed by atoms with E-state index in [1.54, 1.807) is 15.9 Å². The molecule has 0 aliphatic rings. The van der Waals surface area contributed by atoms with E-state index in [1.165, 1.54) is 0 Å². The maximum atomic E-state index is 8.06. The molecule has 0 saturated carbocycles. The van der Waals surface area contributed by atoms with Crippen molar-refractivity contribution >= 4 is 94.4 Å². The molecule has 0 bridgehead atoms.